The lowest BCUT2D eigenvalue weighted by Crippen LogP contribution is -2.30. The Morgan fingerprint density at radius 2 is 1.95 bits per heavy atom. The summed E-state index contributed by atoms with van der Waals surface area (Å²) < 4.78 is 14.6. The number of imidazole rings is 1. The molecule has 210 valence electrons. The van der Waals surface area contributed by atoms with E-state index in [9.17, 15) is 25.1 Å². The standard InChI is InChI=1S/C28H33N5O6Si/c1-17-12-22(39-15-23(30)34)24(19-8-9-32(25(17)19)27(35)36)28(2,37)26-31-20-13-18(14-29)6-7-21(20)33(26)16-38-10-11-40(3,4)5/h6-9,12-13,37H,10-11,15-16H2,1-5H3,(H2,30,34)(H,35,36). The number of carbonyl (C=O) groups excluding carboxylic acids is 1. The molecule has 0 bridgehead atoms. The molecule has 2 aromatic carbocycles. The number of aryl methyl sites for hydroxylation is 1. The summed E-state index contributed by atoms with van der Waals surface area (Å²) in [5.41, 5.74) is 6.14. The van der Waals surface area contributed by atoms with Crippen LogP contribution in [-0.2, 0) is 21.9 Å². The number of carboxylic acid groups (broad SMARTS) is 1. The number of nitrogens with two attached hydrogens (primary N) is 1. The summed E-state index contributed by atoms with van der Waals surface area (Å²) in [5.74, 6) is -0.353. The fraction of sp³-hybridized carbons (Fsp3) is 0.357. The second kappa shape index (κ2) is 10.8. The van der Waals surface area contributed by atoms with E-state index >= 15 is 0 Å². The Hall–Kier alpha value is -4.18. The number of rotatable bonds is 10. The summed E-state index contributed by atoms with van der Waals surface area (Å²) in [4.78, 5) is 28.3. The summed E-state index contributed by atoms with van der Waals surface area (Å²) >= 11 is 0. The van der Waals surface area contributed by atoms with Crippen LogP contribution in [0.5, 0.6) is 5.75 Å². The van der Waals surface area contributed by atoms with Gasteiger partial charge in [0.15, 0.2) is 6.61 Å². The number of ether oxygens (including phenoxy) is 2. The third kappa shape index (κ3) is 5.58. The number of aromatic nitrogens is 3. The van der Waals surface area contributed by atoms with E-state index < -0.39 is 32.3 Å². The second-order valence-corrected chi connectivity index (χ2v) is 16.8. The molecule has 0 aliphatic carbocycles. The van der Waals surface area contributed by atoms with Gasteiger partial charge in [0.2, 0.25) is 0 Å². The van der Waals surface area contributed by atoms with Gasteiger partial charge in [-0.1, -0.05) is 19.6 Å². The lowest BCUT2D eigenvalue weighted by Gasteiger charge is -2.28. The molecule has 4 aromatic rings. The minimum Gasteiger partial charge on any atom is -0.483 e. The van der Waals surface area contributed by atoms with Gasteiger partial charge in [0.25, 0.3) is 5.91 Å². The molecule has 0 spiro atoms. The van der Waals surface area contributed by atoms with E-state index in [2.05, 4.69) is 25.7 Å². The van der Waals surface area contributed by atoms with Gasteiger partial charge in [-0.25, -0.2) is 9.78 Å². The number of benzene rings is 2. The molecule has 1 amide bonds. The predicted molar refractivity (Wildman–Crippen MR) is 152 cm³/mol. The Morgan fingerprint density at radius 1 is 1.23 bits per heavy atom. The molecular weight excluding hydrogens is 530 g/mol. The Bertz CT molecular complexity index is 1660. The van der Waals surface area contributed by atoms with E-state index in [4.69, 9.17) is 20.2 Å². The van der Waals surface area contributed by atoms with E-state index in [0.29, 0.717) is 39.7 Å². The fourth-order valence-electron chi connectivity index (χ4n) is 4.78. The van der Waals surface area contributed by atoms with Crippen LogP contribution in [0.25, 0.3) is 21.9 Å². The van der Waals surface area contributed by atoms with Gasteiger partial charge in [0.1, 0.15) is 23.9 Å². The molecule has 1 unspecified atom stereocenters. The Balaban J connectivity index is 1.95. The smallest absolute Gasteiger partial charge is 0.416 e. The molecule has 0 saturated heterocycles. The Kier molecular flexibility index (Phi) is 7.75. The number of carbonyl (C=O) groups is 2. The van der Waals surface area contributed by atoms with Crippen LogP contribution in [0, 0.1) is 18.3 Å². The first-order valence-electron chi connectivity index (χ1n) is 12.7. The average Bonchev–Trinajstić information content (AvgIpc) is 3.47. The van der Waals surface area contributed by atoms with Gasteiger partial charge in [-0.2, -0.15) is 5.26 Å². The number of primary amides is 1. The number of hydrogen-bond donors (Lipinski definition) is 3. The van der Waals surface area contributed by atoms with E-state index in [1.807, 2.05) is 0 Å². The first-order valence-corrected chi connectivity index (χ1v) is 16.5. The first kappa shape index (κ1) is 28.8. The molecule has 12 heteroatoms. The van der Waals surface area contributed by atoms with Gasteiger partial charge in [-0.3, -0.25) is 9.36 Å². The monoisotopic (exact) mass is 563 g/mol. The van der Waals surface area contributed by atoms with Crippen molar-refractivity contribution in [2.75, 3.05) is 13.2 Å². The summed E-state index contributed by atoms with van der Waals surface area (Å²) in [6.45, 7) is 10.2. The zero-order valence-corrected chi connectivity index (χ0v) is 24.2. The molecule has 0 aliphatic rings. The van der Waals surface area contributed by atoms with Crippen molar-refractivity contribution in [3.63, 3.8) is 0 Å². The minimum atomic E-state index is -1.86. The molecule has 1 atom stereocenters. The van der Waals surface area contributed by atoms with Crippen molar-refractivity contribution >= 4 is 42.0 Å². The molecular formula is C28H33N5O6Si. The first-order chi connectivity index (χ1) is 18.7. The van der Waals surface area contributed by atoms with Crippen LogP contribution in [-0.4, -0.2) is 57.6 Å². The maximum Gasteiger partial charge on any atom is 0.416 e. The largest absolute Gasteiger partial charge is 0.483 e. The second-order valence-electron chi connectivity index (χ2n) is 11.2. The predicted octanol–water partition coefficient (Wildman–Crippen LogP) is 4.13. The number of amides is 1. The maximum atomic E-state index is 12.3. The summed E-state index contributed by atoms with van der Waals surface area (Å²) in [6, 6.07) is 11.2. The summed E-state index contributed by atoms with van der Waals surface area (Å²) in [5, 5.41) is 31.9. The van der Waals surface area contributed by atoms with Crippen molar-refractivity contribution in [1.29, 1.82) is 5.26 Å². The molecule has 0 aliphatic heterocycles. The Morgan fingerprint density at radius 3 is 2.58 bits per heavy atom. The minimum absolute atomic E-state index is 0.0843. The van der Waals surface area contributed by atoms with Gasteiger partial charge in [0.05, 0.1) is 28.2 Å². The summed E-state index contributed by atoms with van der Waals surface area (Å²) in [7, 11) is -1.36. The maximum absolute atomic E-state index is 12.3. The number of nitrogens with zero attached hydrogens (tertiary/aromatic N) is 4. The molecule has 40 heavy (non-hydrogen) atoms. The third-order valence-corrected chi connectivity index (χ3v) is 8.42. The van der Waals surface area contributed by atoms with Crippen LogP contribution in [0.2, 0.25) is 25.7 Å². The van der Waals surface area contributed by atoms with Crippen LogP contribution in [0.1, 0.15) is 29.4 Å². The van der Waals surface area contributed by atoms with Crippen LogP contribution in [0.15, 0.2) is 36.5 Å². The SMILES string of the molecule is Cc1cc(OCC(N)=O)c(C(C)(O)c2nc3cc(C#N)ccc3n2COCC[Si](C)(C)C)c2ccn(C(=O)O)c12. The molecule has 11 nitrogen and oxygen atoms in total. The van der Waals surface area contributed by atoms with E-state index in [0.717, 1.165) is 10.6 Å². The quantitative estimate of drug-likeness (QED) is 0.191. The summed E-state index contributed by atoms with van der Waals surface area (Å²) in [6.07, 6.45) is 0.195. The van der Waals surface area contributed by atoms with Crippen LogP contribution in [0.3, 0.4) is 0 Å². The van der Waals surface area contributed by atoms with Crippen molar-refractivity contribution < 1.29 is 29.3 Å². The van der Waals surface area contributed by atoms with Gasteiger partial charge >= 0.3 is 6.09 Å². The van der Waals surface area contributed by atoms with Crippen molar-refractivity contribution in [2.24, 2.45) is 5.73 Å². The Labute approximate surface area is 232 Å². The molecule has 0 radical (unpaired) electrons. The van der Waals surface area contributed by atoms with E-state index in [1.165, 1.54) is 13.1 Å². The number of hydrogen-bond acceptors (Lipinski definition) is 7. The average molecular weight is 564 g/mol. The normalized spacial score (nSPS) is 13.3. The van der Waals surface area contributed by atoms with Crippen LogP contribution < -0.4 is 10.5 Å². The van der Waals surface area contributed by atoms with Crippen LogP contribution in [0.4, 0.5) is 4.79 Å². The zero-order valence-electron chi connectivity index (χ0n) is 23.2. The highest BCUT2D eigenvalue weighted by molar-refractivity contribution is 6.76. The highest BCUT2D eigenvalue weighted by atomic mass is 28.3. The van der Waals surface area contributed by atoms with Crippen molar-refractivity contribution in [1.82, 2.24) is 14.1 Å². The van der Waals surface area contributed by atoms with Gasteiger partial charge < -0.3 is 30.0 Å². The zero-order chi connectivity index (χ0) is 29.4. The van der Waals surface area contributed by atoms with E-state index in [-0.39, 0.29) is 23.9 Å². The highest BCUT2D eigenvalue weighted by Gasteiger charge is 2.38. The van der Waals surface area contributed by atoms with Crippen molar-refractivity contribution in [2.45, 2.75) is 51.9 Å². The lowest BCUT2D eigenvalue weighted by molar-refractivity contribution is -0.120. The highest BCUT2D eigenvalue weighted by Crippen LogP contribution is 2.43. The number of fused-ring (bicyclic) bond motifs is 2. The molecule has 0 saturated carbocycles. The molecule has 4 rings (SSSR count). The van der Waals surface area contributed by atoms with Crippen molar-refractivity contribution in [3.8, 4) is 11.8 Å². The van der Waals surface area contributed by atoms with Crippen molar-refractivity contribution in [3.05, 3.63) is 59.0 Å². The fourth-order valence-corrected chi connectivity index (χ4v) is 5.53. The van der Waals surface area contributed by atoms with Gasteiger partial charge in [-0.05, 0) is 55.8 Å². The third-order valence-electron chi connectivity index (χ3n) is 6.72. The van der Waals surface area contributed by atoms with Gasteiger partial charge in [0, 0.05) is 31.8 Å². The molecule has 2 heterocycles. The number of aliphatic hydroxyl groups is 1. The van der Waals surface area contributed by atoms with E-state index in [1.54, 1.807) is 41.8 Å². The molecule has 2 aromatic heterocycles. The molecule has 0 fully saturated rings. The van der Waals surface area contributed by atoms with Crippen LogP contribution >= 0.6 is 0 Å². The molecule has 4 N–H and O–H groups in total. The van der Waals surface area contributed by atoms with Gasteiger partial charge in [-0.15, -0.1) is 0 Å². The topological polar surface area (TPSA) is 166 Å². The number of nitriles is 1. The lowest BCUT2D eigenvalue weighted by atomic mass is 9.89.